The van der Waals surface area contributed by atoms with Gasteiger partial charge in [0.15, 0.2) is 0 Å². The highest BCUT2D eigenvalue weighted by molar-refractivity contribution is 7.42. The highest BCUT2D eigenvalue weighted by Crippen LogP contribution is 2.18. The number of rotatable bonds is 5. The highest BCUT2D eigenvalue weighted by atomic mass is 29.3. The van der Waals surface area contributed by atoms with Crippen molar-refractivity contribution < 1.29 is 0 Å². The van der Waals surface area contributed by atoms with Gasteiger partial charge in [-0.05, 0) is 0 Å². The fourth-order valence-corrected chi connectivity index (χ4v) is 32.1. The minimum atomic E-state index is -1.30. The van der Waals surface area contributed by atoms with E-state index >= 15 is 0 Å². The molecule has 0 aliphatic heterocycles. The molecule has 0 atom stereocenters. The van der Waals surface area contributed by atoms with Crippen molar-refractivity contribution in [2.45, 2.75) is 65.5 Å². The Bertz CT molecular complexity index is 212. The fraction of sp³-hybridized carbons (Fsp3) is 1.00. The van der Waals surface area contributed by atoms with E-state index in [0.29, 0.717) is 0 Å². The van der Waals surface area contributed by atoms with Crippen molar-refractivity contribution in [3.63, 3.8) is 0 Å². The topological polar surface area (TPSA) is 24.1 Å². The Labute approximate surface area is 107 Å². The molecule has 0 aliphatic carbocycles. The molecule has 0 aromatic carbocycles. The van der Waals surface area contributed by atoms with Crippen LogP contribution in [0.5, 0.6) is 0 Å². The minimum Gasteiger partial charge on any atom is -0.361 e. The zero-order valence-corrected chi connectivity index (χ0v) is 17.0. The zero-order valence-electron chi connectivity index (χ0n) is 13.0. The van der Waals surface area contributed by atoms with Crippen LogP contribution < -0.4 is 9.30 Å². The van der Waals surface area contributed by atoms with Gasteiger partial charge in [0.05, 0.1) is 0 Å². The average molecular weight is 293 g/mol. The maximum absolute atomic E-state index is 4.06. The van der Waals surface area contributed by atoms with Crippen molar-refractivity contribution >= 4 is 32.0 Å². The quantitative estimate of drug-likeness (QED) is 0.760. The van der Waals surface area contributed by atoms with E-state index in [2.05, 4.69) is 74.8 Å². The van der Waals surface area contributed by atoms with Crippen LogP contribution in [0.25, 0.3) is 0 Å². The molecular formula is C10H32N2Si4. The molecule has 0 fully saturated rings. The Morgan fingerprint density at radius 1 is 0.438 bits per heavy atom. The standard InChI is InChI=1S/C10H32N2Si4/c1-13(2,3)11-15(7,8)16(9,10)12-14(4,5)6/h11-12H,1-10H3. The summed E-state index contributed by atoms with van der Waals surface area (Å²) in [4.78, 5) is 0. The molecule has 0 amide bonds. The molecule has 0 bridgehead atoms. The molecule has 0 saturated heterocycles. The molecule has 6 heteroatoms. The zero-order chi connectivity index (χ0) is 13.4. The van der Waals surface area contributed by atoms with Crippen molar-refractivity contribution in [2.24, 2.45) is 0 Å². The van der Waals surface area contributed by atoms with E-state index in [1.807, 2.05) is 0 Å². The van der Waals surface area contributed by atoms with Crippen LogP contribution in [0.1, 0.15) is 0 Å². The molecular weight excluding hydrogens is 260 g/mol. The molecule has 0 radical (unpaired) electrons. The molecule has 0 rings (SSSR count). The van der Waals surface area contributed by atoms with E-state index in [-0.39, 0.29) is 0 Å². The summed E-state index contributed by atoms with van der Waals surface area (Å²) in [7, 11) is -4.92. The van der Waals surface area contributed by atoms with Crippen LogP contribution in [-0.4, -0.2) is 32.0 Å². The molecule has 98 valence electrons. The largest absolute Gasteiger partial charge is 0.361 e. The van der Waals surface area contributed by atoms with E-state index < -0.39 is 32.0 Å². The van der Waals surface area contributed by atoms with Crippen LogP contribution >= 0.6 is 0 Å². The summed E-state index contributed by atoms with van der Waals surface area (Å²) in [5.74, 6) is 0. The van der Waals surface area contributed by atoms with E-state index in [9.17, 15) is 0 Å². The summed E-state index contributed by atoms with van der Waals surface area (Å²) in [6, 6.07) is 0. The Morgan fingerprint density at radius 3 is 0.750 bits per heavy atom. The maximum atomic E-state index is 4.06. The summed E-state index contributed by atoms with van der Waals surface area (Å²) < 4.78 is 8.12. The van der Waals surface area contributed by atoms with E-state index in [0.717, 1.165) is 0 Å². The minimum absolute atomic E-state index is 1.16. The first-order chi connectivity index (χ1) is 6.66. The predicted molar refractivity (Wildman–Crippen MR) is 87.9 cm³/mol. The van der Waals surface area contributed by atoms with Gasteiger partial charge in [0.2, 0.25) is 0 Å². The first-order valence-corrected chi connectivity index (χ1v) is 20.2. The third-order valence-electron chi connectivity index (χ3n) is 2.94. The van der Waals surface area contributed by atoms with E-state index in [4.69, 9.17) is 0 Å². The molecule has 0 unspecified atom stereocenters. The Morgan fingerprint density at radius 2 is 0.625 bits per heavy atom. The lowest BCUT2D eigenvalue weighted by Crippen LogP contribution is -2.78. The lowest BCUT2D eigenvalue weighted by atomic mass is 11.8. The van der Waals surface area contributed by atoms with Gasteiger partial charge in [-0.3, -0.25) is 0 Å². The van der Waals surface area contributed by atoms with Crippen molar-refractivity contribution in [3.8, 4) is 0 Å². The SMILES string of the molecule is C[Si](C)(C)N[Si](C)(C)[Si](C)(C)N[Si](C)(C)C. The second kappa shape index (κ2) is 4.81. The first-order valence-electron chi connectivity index (χ1n) is 6.25. The molecule has 0 heterocycles. The molecule has 16 heavy (non-hydrogen) atoms. The Kier molecular flexibility index (Phi) is 5.05. The number of nitrogens with one attached hydrogen (secondary N) is 2. The predicted octanol–water partition coefficient (Wildman–Crippen LogP) is 3.32. The van der Waals surface area contributed by atoms with Crippen LogP contribution in [0.3, 0.4) is 0 Å². The van der Waals surface area contributed by atoms with Gasteiger partial charge in [0.25, 0.3) is 0 Å². The molecule has 0 aliphatic rings. The van der Waals surface area contributed by atoms with Crippen LogP contribution in [0.4, 0.5) is 0 Å². The molecule has 2 N–H and O–H groups in total. The van der Waals surface area contributed by atoms with Crippen LogP contribution in [-0.2, 0) is 0 Å². The van der Waals surface area contributed by atoms with Gasteiger partial charge in [-0.2, -0.15) is 0 Å². The summed E-state index contributed by atoms with van der Waals surface area (Å²) in [5.41, 5.74) is 0. The van der Waals surface area contributed by atoms with Crippen molar-refractivity contribution in [2.75, 3.05) is 0 Å². The maximum Gasteiger partial charge on any atom is 0.119 e. The van der Waals surface area contributed by atoms with Crippen LogP contribution in [0.2, 0.25) is 65.5 Å². The third-order valence-corrected chi connectivity index (χ3v) is 28.7. The van der Waals surface area contributed by atoms with Crippen LogP contribution in [0.15, 0.2) is 0 Å². The molecule has 0 saturated carbocycles. The third kappa shape index (κ3) is 5.92. The van der Waals surface area contributed by atoms with Gasteiger partial charge >= 0.3 is 0 Å². The van der Waals surface area contributed by atoms with Crippen LogP contribution in [0, 0.1) is 0 Å². The van der Waals surface area contributed by atoms with Crippen molar-refractivity contribution in [3.05, 3.63) is 0 Å². The molecule has 0 spiro atoms. The molecule has 0 aromatic heterocycles. The summed E-state index contributed by atoms with van der Waals surface area (Å²) in [6.07, 6.45) is 0. The first kappa shape index (κ1) is 16.8. The lowest BCUT2D eigenvalue weighted by Gasteiger charge is -2.46. The second-order valence-corrected chi connectivity index (χ2v) is 33.0. The van der Waals surface area contributed by atoms with Gasteiger partial charge < -0.3 is 9.30 Å². The number of hydrogen-bond acceptors (Lipinski definition) is 2. The number of hydrogen-bond donors (Lipinski definition) is 2. The summed E-state index contributed by atoms with van der Waals surface area (Å²) >= 11 is 0. The van der Waals surface area contributed by atoms with E-state index in [1.165, 1.54) is 0 Å². The smallest absolute Gasteiger partial charge is 0.119 e. The fourth-order valence-electron chi connectivity index (χ4n) is 2.19. The highest BCUT2D eigenvalue weighted by Gasteiger charge is 2.45. The monoisotopic (exact) mass is 292 g/mol. The second-order valence-electron chi connectivity index (χ2n) is 8.00. The average Bonchev–Trinajstić information content (AvgIpc) is 1.72. The summed E-state index contributed by atoms with van der Waals surface area (Å²) in [6.45, 7) is 24.6. The van der Waals surface area contributed by atoms with E-state index in [1.54, 1.807) is 0 Å². The Balaban J connectivity index is 4.85. The summed E-state index contributed by atoms with van der Waals surface area (Å²) in [5, 5.41) is 0. The van der Waals surface area contributed by atoms with Crippen molar-refractivity contribution in [1.82, 2.24) is 9.30 Å². The van der Waals surface area contributed by atoms with Gasteiger partial charge in [-0.1, -0.05) is 65.5 Å². The Hall–Kier alpha value is 0.788. The molecule has 2 nitrogen and oxygen atoms in total. The normalized spacial score (nSPS) is 15.4. The molecule has 0 aromatic rings. The van der Waals surface area contributed by atoms with Crippen molar-refractivity contribution in [1.29, 1.82) is 0 Å². The van der Waals surface area contributed by atoms with Gasteiger partial charge in [-0.25, -0.2) is 0 Å². The van der Waals surface area contributed by atoms with Gasteiger partial charge in [0.1, 0.15) is 32.0 Å². The lowest BCUT2D eigenvalue weighted by molar-refractivity contribution is 1.27. The van der Waals surface area contributed by atoms with Gasteiger partial charge in [-0.15, -0.1) is 0 Å². The van der Waals surface area contributed by atoms with Gasteiger partial charge in [0, 0.05) is 0 Å².